The Balaban J connectivity index is 2.47. The number of nitrogens with two attached hydrogens (primary N) is 1. The third-order valence-corrected chi connectivity index (χ3v) is 3.50. The molecule has 0 fully saturated rings. The van der Waals surface area contributed by atoms with Gasteiger partial charge in [-0.15, -0.1) is 0 Å². The van der Waals surface area contributed by atoms with Gasteiger partial charge in [0.1, 0.15) is 11.9 Å². The molecule has 0 aliphatic carbocycles. The van der Waals surface area contributed by atoms with Crippen LogP contribution in [-0.2, 0) is 0 Å². The number of nitrogens with zero attached hydrogens (tertiary/aromatic N) is 1. The minimum atomic E-state index is -0.961. The van der Waals surface area contributed by atoms with Crippen molar-refractivity contribution < 1.29 is 5.11 Å². The largest absolute Gasteiger partial charge is 0.383 e. The van der Waals surface area contributed by atoms with E-state index < -0.39 is 6.10 Å². The van der Waals surface area contributed by atoms with Crippen LogP contribution in [0.4, 0.5) is 5.82 Å². The van der Waals surface area contributed by atoms with Gasteiger partial charge >= 0.3 is 0 Å². The molecule has 3 N–H and O–H groups in total. The summed E-state index contributed by atoms with van der Waals surface area (Å²) in [6.45, 7) is 0. The molecule has 1 aromatic heterocycles. The predicted octanol–water partition coefficient (Wildman–Crippen LogP) is 3.81. The van der Waals surface area contributed by atoms with Gasteiger partial charge in [-0.1, -0.05) is 45.2 Å². The molecule has 0 aliphatic rings. The molecule has 0 saturated carbocycles. The number of pyridine rings is 1. The summed E-state index contributed by atoms with van der Waals surface area (Å²) in [5, 5.41) is 11.1. The van der Waals surface area contributed by atoms with Crippen LogP contribution < -0.4 is 5.73 Å². The maximum Gasteiger partial charge on any atom is 0.129 e. The summed E-state index contributed by atoms with van der Waals surface area (Å²) in [6, 6.07) is 6.79. The van der Waals surface area contributed by atoms with E-state index in [9.17, 15) is 5.11 Å². The highest BCUT2D eigenvalue weighted by molar-refractivity contribution is 9.10. The second kappa shape index (κ2) is 5.45. The van der Waals surface area contributed by atoms with Gasteiger partial charge in [0.2, 0.25) is 0 Å². The Morgan fingerprint density at radius 1 is 1.22 bits per heavy atom. The molecular formula is C12H9BrCl2N2O. The lowest BCUT2D eigenvalue weighted by Crippen LogP contribution is -2.06. The number of hydrogen-bond acceptors (Lipinski definition) is 3. The average Bonchev–Trinajstić information content (AvgIpc) is 2.31. The second-order valence-corrected chi connectivity index (χ2v) is 5.46. The smallest absolute Gasteiger partial charge is 0.129 e. The van der Waals surface area contributed by atoms with Gasteiger partial charge in [0.25, 0.3) is 0 Å². The van der Waals surface area contributed by atoms with E-state index in [1.807, 2.05) is 0 Å². The highest BCUT2D eigenvalue weighted by atomic mass is 79.9. The van der Waals surface area contributed by atoms with Crippen LogP contribution in [0.5, 0.6) is 0 Å². The normalized spacial score (nSPS) is 12.4. The van der Waals surface area contributed by atoms with Gasteiger partial charge in [0.15, 0.2) is 0 Å². The van der Waals surface area contributed by atoms with Gasteiger partial charge in [-0.2, -0.15) is 0 Å². The van der Waals surface area contributed by atoms with Crippen LogP contribution in [0.3, 0.4) is 0 Å². The summed E-state index contributed by atoms with van der Waals surface area (Å²) in [5.41, 5.74) is 6.71. The van der Waals surface area contributed by atoms with E-state index in [4.69, 9.17) is 28.9 Å². The van der Waals surface area contributed by atoms with Gasteiger partial charge < -0.3 is 10.8 Å². The van der Waals surface area contributed by atoms with Crippen molar-refractivity contribution in [3.8, 4) is 0 Å². The van der Waals surface area contributed by atoms with Crippen molar-refractivity contribution in [1.82, 2.24) is 4.98 Å². The zero-order valence-corrected chi connectivity index (χ0v) is 12.2. The van der Waals surface area contributed by atoms with Crippen LogP contribution in [0.15, 0.2) is 34.9 Å². The molecular weight excluding hydrogens is 339 g/mol. The Bertz CT molecular complexity index is 592. The van der Waals surface area contributed by atoms with Gasteiger partial charge in [-0.05, 0) is 18.2 Å². The standard InChI is InChI=1S/C12H9BrCl2N2O/c13-6-1-2-8(10(15)3-6)11(18)9-4-7(14)5-17-12(9)16/h1-5,11,18H,(H2,16,17). The summed E-state index contributed by atoms with van der Waals surface area (Å²) in [5.74, 6) is 0.228. The van der Waals surface area contributed by atoms with E-state index in [0.29, 0.717) is 21.2 Å². The molecule has 1 heterocycles. The minimum Gasteiger partial charge on any atom is -0.383 e. The average molecular weight is 348 g/mol. The van der Waals surface area contributed by atoms with Gasteiger partial charge in [0, 0.05) is 26.8 Å². The van der Waals surface area contributed by atoms with E-state index >= 15 is 0 Å². The van der Waals surface area contributed by atoms with Gasteiger partial charge in [-0.3, -0.25) is 0 Å². The van der Waals surface area contributed by atoms with Crippen LogP contribution in [0, 0.1) is 0 Å². The van der Waals surface area contributed by atoms with Crippen molar-refractivity contribution in [2.24, 2.45) is 0 Å². The molecule has 1 unspecified atom stereocenters. The minimum absolute atomic E-state index is 0.228. The van der Waals surface area contributed by atoms with Crippen molar-refractivity contribution in [1.29, 1.82) is 0 Å². The number of aliphatic hydroxyl groups is 1. The Labute approximate surface area is 123 Å². The zero-order valence-electron chi connectivity index (χ0n) is 9.07. The van der Waals surface area contributed by atoms with Crippen molar-refractivity contribution in [2.45, 2.75) is 6.10 Å². The summed E-state index contributed by atoms with van der Waals surface area (Å²) >= 11 is 15.2. The maximum atomic E-state index is 10.3. The predicted molar refractivity (Wildman–Crippen MR) is 76.9 cm³/mol. The van der Waals surface area contributed by atoms with Gasteiger partial charge in [-0.25, -0.2) is 4.98 Å². The highest BCUT2D eigenvalue weighted by Crippen LogP contribution is 2.33. The van der Waals surface area contributed by atoms with E-state index in [1.165, 1.54) is 6.20 Å². The van der Waals surface area contributed by atoms with Crippen molar-refractivity contribution >= 4 is 44.9 Å². The molecule has 3 nitrogen and oxygen atoms in total. The Morgan fingerprint density at radius 2 is 1.94 bits per heavy atom. The van der Waals surface area contributed by atoms with Crippen LogP contribution >= 0.6 is 39.1 Å². The number of nitrogen functional groups attached to an aromatic ring is 1. The molecule has 2 rings (SSSR count). The van der Waals surface area contributed by atoms with Gasteiger partial charge in [0.05, 0.1) is 5.02 Å². The molecule has 2 aromatic rings. The van der Waals surface area contributed by atoms with E-state index in [2.05, 4.69) is 20.9 Å². The number of aliphatic hydroxyl groups excluding tert-OH is 1. The summed E-state index contributed by atoms with van der Waals surface area (Å²) < 4.78 is 0.834. The topological polar surface area (TPSA) is 59.1 Å². The summed E-state index contributed by atoms with van der Waals surface area (Å²) in [6.07, 6.45) is 0.466. The molecule has 0 amide bonds. The fourth-order valence-electron chi connectivity index (χ4n) is 1.58. The maximum absolute atomic E-state index is 10.3. The fraction of sp³-hybridized carbons (Fsp3) is 0.0833. The third kappa shape index (κ3) is 2.78. The quantitative estimate of drug-likeness (QED) is 0.868. The number of aromatic nitrogens is 1. The van der Waals surface area contributed by atoms with Crippen LogP contribution in [0.25, 0.3) is 0 Å². The molecule has 0 aliphatic heterocycles. The highest BCUT2D eigenvalue weighted by Gasteiger charge is 2.17. The number of anilines is 1. The molecule has 18 heavy (non-hydrogen) atoms. The molecule has 1 atom stereocenters. The number of halogens is 3. The molecule has 6 heteroatoms. The SMILES string of the molecule is Nc1ncc(Cl)cc1C(O)c1ccc(Br)cc1Cl. The molecule has 94 valence electrons. The number of hydrogen-bond donors (Lipinski definition) is 2. The Morgan fingerprint density at radius 3 is 2.61 bits per heavy atom. The molecule has 0 radical (unpaired) electrons. The fourth-order valence-corrected chi connectivity index (χ4v) is 2.52. The number of rotatable bonds is 2. The first-order valence-electron chi connectivity index (χ1n) is 5.03. The number of benzene rings is 1. The molecule has 1 aromatic carbocycles. The first-order chi connectivity index (χ1) is 8.49. The monoisotopic (exact) mass is 346 g/mol. The Hall–Kier alpha value is -0.810. The van der Waals surface area contributed by atoms with E-state index in [1.54, 1.807) is 24.3 Å². The Kier molecular flexibility index (Phi) is 4.12. The lowest BCUT2D eigenvalue weighted by Gasteiger charge is -2.15. The summed E-state index contributed by atoms with van der Waals surface area (Å²) in [4.78, 5) is 3.91. The first kappa shape index (κ1) is 13.6. The van der Waals surface area contributed by atoms with Crippen LogP contribution in [-0.4, -0.2) is 10.1 Å². The molecule has 0 bridgehead atoms. The third-order valence-electron chi connectivity index (χ3n) is 2.47. The summed E-state index contributed by atoms with van der Waals surface area (Å²) in [7, 11) is 0. The molecule has 0 spiro atoms. The van der Waals surface area contributed by atoms with Crippen LogP contribution in [0.2, 0.25) is 10.0 Å². The van der Waals surface area contributed by atoms with Crippen molar-refractivity contribution in [2.75, 3.05) is 5.73 Å². The molecule has 0 saturated heterocycles. The lowest BCUT2D eigenvalue weighted by molar-refractivity contribution is 0.221. The van der Waals surface area contributed by atoms with Crippen molar-refractivity contribution in [3.05, 3.63) is 56.1 Å². The van der Waals surface area contributed by atoms with E-state index in [0.717, 1.165) is 4.47 Å². The van der Waals surface area contributed by atoms with Crippen LogP contribution in [0.1, 0.15) is 17.2 Å². The second-order valence-electron chi connectivity index (χ2n) is 3.70. The zero-order chi connectivity index (χ0) is 13.3. The van der Waals surface area contributed by atoms with Crippen molar-refractivity contribution in [3.63, 3.8) is 0 Å². The first-order valence-corrected chi connectivity index (χ1v) is 6.58. The lowest BCUT2D eigenvalue weighted by atomic mass is 10.0. The van der Waals surface area contributed by atoms with E-state index in [-0.39, 0.29) is 5.82 Å².